The zero-order valence-corrected chi connectivity index (χ0v) is 17.0. The van der Waals surface area contributed by atoms with E-state index in [-0.39, 0.29) is 12.4 Å². The number of ether oxygens (including phenoxy) is 2. The number of piperidine rings is 1. The summed E-state index contributed by atoms with van der Waals surface area (Å²) in [7, 11) is 0. The minimum absolute atomic E-state index is 0. The van der Waals surface area contributed by atoms with Crippen LogP contribution in [0, 0.1) is 5.92 Å². The van der Waals surface area contributed by atoms with Gasteiger partial charge in [-0.15, -0.1) is 12.4 Å². The van der Waals surface area contributed by atoms with Crippen molar-refractivity contribution in [3.05, 3.63) is 0 Å². The maximum atomic E-state index is 5.74. The molecule has 0 bridgehead atoms. The maximum absolute atomic E-state index is 5.74. The number of nitrogens with zero attached hydrogens (tertiary/aromatic N) is 1. The summed E-state index contributed by atoms with van der Waals surface area (Å²) in [5, 5.41) is 7.75. The van der Waals surface area contributed by atoms with Crippen molar-refractivity contribution in [3.8, 4) is 0 Å². The standard InChI is InChI=1S/C20H37N3O2.ClH/c1-2-10-23(11-3-1)20(7-12-24-13-8-20)16-22-18-6-4-5-17(18)19-15-25-14-9-21-19;/h17-19,21-22H,1-16H2;1H. The van der Waals surface area contributed by atoms with E-state index >= 15 is 0 Å². The molecule has 4 fully saturated rings. The molecule has 26 heavy (non-hydrogen) atoms. The van der Waals surface area contributed by atoms with Crippen LogP contribution in [0.3, 0.4) is 0 Å². The van der Waals surface area contributed by atoms with Crippen LogP contribution in [0.2, 0.25) is 0 Å². The minimum atomic E-state index is 0. The normalized spacial score (nSPS) is 35.8. The van der Waals surface area contributed by atoms with Gasteiger partial charge in [0.1, 0.15) is 0 Å². The number of rotatable bonds is 5. The highest BCUT2D eigenvalue weighted by molar-refractivity contribution is 5.85. The van der Waals surface area contributed by atoms with Crippen molar-refractivity contribution in [2.75, 3.05) is 52.6 Å². The highest BCUT2D eigenvalue weighted by atomic mass is 35.5. The van der Waals surface area contributed by atoms with Gasteiger partial charge in [0.15, 0.2) is 0 Å². The largest absolute Gasteiger partial charge is 0.381 e. The molecular weight excluding hydrogens is 350 g/mol. The molecule has 3 atom stereocenters. The number of nitrogens with one attached hydrogen (secondary N) is 2. The van der Waals surface area contributed by atoms with E-state index in [1.54, 1.807) is 0 Å². The van der Waals surface area contributed by atoms with E-state index in [0.29, 0.717) is 17.6 Å². The molecule has 3 unspecified atom stereocenters. The van der Waals surface area contributed by atoms with Gasteiger partial charge in [-0.3, -0.25) is 4.90 Å². The third kappa shape index (κ3) is 4.73. The maximum Gasteiger partial charge on any atom is 0.0623 e. The Bertz CT molecular complexity index is 408. The van der Waals surface area contributed by atoms with Crippen molar-refractivity contribution in [1.82, 2.24) is 15.5 Å². The predicted octanol–water partition coefficient (Wildman–Crippen LogP) is 2.19. The molecule has 152 valence electrons. The molecule has 1 saturated carbocycles. The monoisotopic (exact) mass is 387 g/mol. The second-order valence-electron chi connectivity index (χ2n) is 8.60. The van der Waals surface area contributed by atoms with E-state index in [1.165, 1.54) is 64.5 Å². The van der Waals surface area contributed by atoms with E-state index < -0.39 is 0 Å². The summed E-state index contributed by atoms with van der Waals surface area (Å²) in [5.74, 6) is 0.735. The lowest BCUT2D eigenvalue weighted by molar-refractivity contribution is -0.0379. The third-order valence-electron chi connectivity index (χ3n) is 7.18. The molecule has 0 aromatic heterocycles. The smallest absolute Gasteiger partial charge is 0.0623 e. The van der Waals surface area contributed by atoms with Crippen LogP contribution in [0.15, 0.2) is 0 Å². The molecule has 0 radical (unpaired) electrons. The quantitative estimate of drug-likeness (QED) is 0.757. The second kappa shape index (κ2) is 10.0. The average molecular weight is 388 g/mol. The van der Waals surface area contributed by atoms with Crippen LogP contribution < -0.4 is 10.6 Å². The van der Waals surface area contributed by atoms with Crippen LogP contribution in [0.25, 0.3) is 0 Å². The van der Waals surface area contributed by atoms with E-state index in [2.05, 4.69) is 15.5 Å². The van der Waals surface area contributed by atoms with E-state index in [0.717, 1.165) is 45.4 Å². The van der Waals surface area contributed by atoms with Crippen LogP contribution >= 0.6 is 12.4 Å². The molecule has 0 amide bonds. The zero-order chi connectivity index (χ0) is 17.0. The first-order valence-electron chi connectivity index (χ1n) is 10.7. The zero-order valence-electron chi connectivity index (χ0n) is 16.2. The lowest BCUT2D eigenvalue weighted by Crippen LogP contribution is -2.61. The predicted molar refractivity (Wildman–Crippen MR) is 107 cm³/mol. The number of morpholine rings is 1. The molecule has 0 spiro atoms. The Balaban J connectivity index is 0.00000196. The molecule has 4 rings (SSSR count). The van der Waals surface area contributed by atoms with E-state index in [4.69, 9.17) is 9.47 Å². The van der Waals surface area contributed by atoms with Crippen LogP contribution in [0.4, 0.5) is 0 Å². The van der Waals surface area contributed by atoms with Crippen molar-refractivity contribution in [1.29, 1.82) is 0 Å². The molecule has 4 aliphatic rings. The van der Waals surface area contributed by atoms with Crippen molar-refractivity contribution < 1.29 is 9.47 Å². The van der Waals surface area contributed by atoms with Crippen molar-refractivity contribution in [2.24, 2.45) is 5.92 Å². The first-order chi connectivity index (χ1) is 12.4. The highest BCUT2D eigenvalue weighted by Gasteiger charge is 2.41. The van der Waals surface area contributed by atoms with Gasteiger partial charge in [-0.2, -0.15) is 0 Å². The number of hydrogen-bond acceptors (Lipinski definition) is 5. The summed E-state index contributed by atoms with van der Waals surface area (Å²) in [4.78, 5) is 2.80. The van der Waals surface area contributed by atoms with Gasteiger partial charge in [0.2, 0.25) is 0 Å². The first kappa shape index (κ1) is 20.8. The second-order valence-corrected chi connectivity index (χ2v) is 8.60. The molecule has 1 aliphatic carbocycles. The Hall–Kier alpha value is 0.0900. The lowest BCUT2D eigenvalue weighted by atomic mass is 9.85. The van der Waals surface area contributed by atoms with Gasteiger partial charge in [0.05, 0.1) is 13.2 Å². The van der Waals surface area contributed by atoms with Crippen LogP contribution in [0.1, 0.15) is 51.4 Å². The molecule has 0 aromatic carbocycles. The van der Waals surface area contributed by atoms with Gasteiger partial charge < -0.3 is 20.1 Å². The summed E-state index contributed by atoms with van der Waals surface area (Å²) < 4.78 is 11.5. The Kier molecular flexibility index (Phi) is 8.03. The summed E-state index contributed by atoms with van der Waals surface area (Å²) in [5.41, 5.74) is 0.336. The molecule has 3 saturated heterocycles. The highest BCUT2D eigenvalue weighted by Crippen LogP contribution is 2.33. The van der Waals surface area contributed by atoms with Gasteiger partial charge in [-0.25, -0.2) is 0 Å². The van der Waals surface area contributed by atoms with Crippen LogP contribution in [0.5, 0.6) is 0 Å². The van der Waals surface area contributed by atoms with Crippen LogP contribution in [-0.2, 0) is 9.47 Å². The van der Waals surface area contributed by atoms with E-state index in [9.17, 15) is 0 Å². The Morgan fingerprint density at radius 1 is 0.962 bits per heavy atom. The van der Waals surface area contributed by atoms with Gasteiger partial charge >= 0.3 is 0 Å². The Morgan fingerprint density at radius 3 is 2.50 bits per heavy atom. The summed E-state index contributed by atoms with van der Waals surface area (Å²) >= 11 is 0. The summed E-state index contributed by atoms with van der Waals surface area (Å²) in [6.45, 7) is 8.37. The Morgan fingerprint density at radius 2 is 1.77 bits per heavy atom. The lowest BCUT2D eigenvalue weighted by Gasteiger charge is -2.49. The van der Waals surface area contributed by atoms with Crippen molar-refractivity contribution >= 4 is 12.4 Å². The number of hydrogen-bond donors (Lipinski definition) is 2. The van der Waals surface area contributed by atoms with Crippen molar-refractivity contribution in [3.63, 3.8) is 0 Å². The summed E-state index contributed by atoms with van der Waals surface area (Å²) in [6, 6.07) is 1.21. The molecule has 3 aliphatic heterocycles. The fourth-order valence-corrected chi connectivity index (χ4v) is 5.63. The Labute approximate surface area is 165 Å². The fourth-order valence-electron chi connectivity index (χ4n) is 5.63. The molecule has 6 heteroatoms. The first-order valence-corrected chi connectivity index (χ1v) is 10.7. The topological polar surface area (TPSA) is 45.8 Å². The average Bonchev–Trinajstić information content (AvgIpc) is 3.17. The molecule has 5 nitrogen and oxygen atoms in total. The summed E-state index contributed by atoms with van der Waals surface area (Å²) in [6.07, 6.45) is 10.6. The van der Waals surface area contributed by atoms with E-state index in [1.807, 2.05) is 0 Å². The molecular formula is C20H38ClN3O2. The minimum Gasteiger partial charge on any atom is -0.381 e. The third-order valence-corrected chi connectivity index (χ3v) is 7.18. The van der Waals surface area contributed by atoms with Gasteiger partial charge in [-0.05, 0) is 57.5 Å². The van der Waals surface area contributed by atoms with Gasteiger partial charge in [0, 0.05) is 43.9 Å². The number of halogens is 1. The number of likely N-dealkylation sites (tertiary alicyclic amines) is 1. The molecule has 3 heterocycles. The van der Waals surface area contributed by atoms with Gasteiger partial charge in [0.25, 0.3) is 0 Å². The fraction of sp³-hybridized carbons (Fsp3) is 1.00. The molecule has 0 aromatic rings. The van der Waals surface area contributed by atoms with Gasteiger partial charge in [-0.1, -0.05) is 12.8 Å². The van der Waals surface area contributed by atoms with Crippen molar-refractivity contribution in [2.45, 2.75) is 69.0 Å². The van der Waals surface area contributed by atoms with Crippen LogP contribution in [-0.4, -0.2) is 75.1 Å². The molecule has 2 N–H and O–H groups in total. The SMILES string of the molecule is C1CCN(C2(CNC3CCCC3C3COCCN3)CCOCC2)CC1.Cl.